The van der Waals surface area contributed by atoms with Crippen molar-refractivity contribution in [3.8, 4) is 0 Å². The monoisotopic (exact) mass is 414 g/mol. The van der Waals surface area contributed by atoms with Crippen molar-refractivity contribution >= 4 is 45.4 Å². The number of benzene rings is 2. The molecule has 2 aromatic rings. The summed E-state index contributed by atoms with van der Waals surface area (Å²) in [5.41, 5.74) is 8.62. The molecule has 0 spiro atoms. The number of sulfone groups is 1. The third-order valence-corrected chi connectivity index (χ3v) is 6.20. The Hall–Kier alpha value is -1.76. The second kappa shape index (κ2) is 8.29. The Balaban J connectivity index is 0.00000243. The molecule has 0 bridgehead atoms. The lowest BCUT2D eigenvalue weighted by molar-refractivity contribution is -0.119. The molecule has 0 aromatic heterocycles. The molecule has 1 amide bonds. The first-order valence-electron chi connectivity index (χ1n) is 8.01. The quantitative estimate of drug-likeness (QED) is 0.750. The molecule has 0 saturated carbocycles. The Bertz CT molecular complexity index is 899. The topological polar surface area (TPSA) is 89.3 Å². The average molecular weight is 415 g/mol. The number of anilines is 1. The molecule has 140 valence electrons. The molecular weight excluding hydrogens is 395 g/mol. The fourth-order valence-electron chi connectivity index (χ4n) is 3.12. The van der Waals surface area contributed by atoms with Crippen LogP contribution in [0.25, 0.3) is 0 Å². The highest BCUT2D eigenvalue weighted by Crippen LogP contribution is 2.31. The molecule has 1 aliphatic carbocycles. The third-order valence-electron chi connectivity index (χ3n) is 4.31. The Morgan fingerprint density at radius 3 is 2.58 bits per heavy atom. The number of hydrogen-bond donors (Lipinski definition) is 2. The minimum atomic E-state index is -3.70. The first kappa shape index (κ1) is 20.6. The Labute approximate surface area is 164 Å². The minimum Gasteiger partial charge on any atom is -0.399 e. The van der Waals surface area contributed by atoms with Crippen LogP contribution in [-0.4, -0.2) is 20.1 Å². The molecule has 0 heterocycles. The van der Waals surface area contributed by atoms with Gasteiger partial charge in [0, 0.05) is 10.7 Å². The molecule has 0 aliphatic heterocycles. The van der Waals surface area contributed by atoms with Gasteiger partial charge in [-0.25, -0.2) is 8.42 Å². The SMILES string of the molecule is Cl.Nc1ccc2c(c1)CCCC2NC(=O)CS(=O)(=O)c1ccc(Cl)cc1. The van der Waals surface area contributed by atoms with E-state index in [1.165, 1.54) is 24.3 Å². The van der Waals surface area contributed by atoms with Gasteiger partial charge in [-0.05, 0) is 66.8 Å². The molecule has 3 N–H and O–H groups in total. The number of nitrogens with two attached hydrogens (primary N) is 1. The van der Waals surface area contributed by atoms with Gasteiger partial charge in [-0.15, -0.1) is 12.4 Å². The lowest BCUT2D eigenvalue weighted by Crippen LogP contribution is -2.35. The van der Waals surface area contributed by atoms with Crippen LogP contribution in [0.15, 0.2) is 47.4 Å². The maximum absolute atomic E-state index is 12.4. The highest BCUT2D eigenvalue weighted by atomic mass is 35.5. The van der Waals surface area contributed by atoms with Gasteiger partial charge in [0.2, 0.25) is 5.91 Å². The van der Waals surface area contributed by atoms with E-state index >= 15 is 0 Å². The first-order chi connectivity index (χ1) is 11.8. The van der Waals surface area contributed by atoms with E-state index in [4.69, 9.17) is 17.3 Å². The first-order valence-corrected chi connectivity index (χ1v) is 10.0. The normalized spacial score (nSPS) is 16.3. The third kappa shape index (κ3) is 4.69. The summed E-state index contributed by atoms with van der Waals surface area (Å²) in [7, 11) is -3.70. The van der Waals surface area contributed by atoms with E-state index in [9.17, 15) is 13.2 Å². The molecule has 1 unspecified atom stereocenters. The molecule has 8 heteroatoms. The van der Waals surface area contributed by atoms with Crippen molar-refractivity contribution in [1.29, 1.82) is 0 Å². The zero-order chi connectivity index (χ0) is 18.0. The van der Waals surface area contributed by atoms with Gasteiger partial charge < -0.3 is 11.1 Å². The number of aryl methyl sites for hydroxylation is 1. The molecule has 3 rings (SSSR count). The summed E-state index contributed by atoms with van der Waals surface area (Å²) in [6.07, 6.45) is 2.62. The van der Waals surface area contributed by atoms with E-state index in [-0.39, 0.29) is 23.3 Å². The summed E-state index contributed by atoms with van der Waals surface area (Å²) < 4.78 is 24.7. The van der Waals surface area contributed by atoms with E-state index in [1.54, 1.807) is 6.07 Å². The second-order valence-electron chi connectivity index (χ2n) is 6.18. The molecular formula is C18H20Cl2N2O3S. The molecule has 1 aliphatic rings. The fourth-order valence-corrected chi connectivity index (χ4v) is 4.39. The Morgan fingerprint density at radius 2 is 1.88 bits per heavy atom. The van der Waals surface area contributed by atoms with Gasteiger partial charge in [-0.1, -0.05) is 17.7 Å². The largest absolute Gasteiger partial charge is 0.399 e. The van der Waals surface area contributed by atoms with Gasteiger partial charge in [0.1, 0.15) is 5.75 Å². The summed E-state index contributed by atoms with van der Waals surface area (Å²) in [4.78, 5) is 12.4. The number of halogens is 2. The van der Waals surface area contributed by atoms with Gasteiger partial charge >= 0.3 is 0 Å². The van der Waals surface area contributed by atoms with Gasteiger partial charge in [0.25, 0.3) is 0 Å². The summed E-state index contributed by atoms with van der Waals surface area (Å²) in [6.45, 7) is 0. The van der Waals surface area contributed by atoms with Crippen LogP contribution in [0.4, 0.5) is 5.69 Å². The minimum absolute atomic E-state index is 0. The molecule has 0 fully saturated rings. The van der Waals surface area contributed by atoms with Gasteiger partial charge in [-0.3, -0.25) is 4.79 Å². The van der Waals surface area contributed by atoms with E-state index in [1.807, 2.05) is 12.1 Å². The van der Waals surface area contributed by atoms with Crippen molar-refractivity contribution in [2.75, 3.05) is 11.5 Å². The number of amides is 1. The highest BCUT2D eigenvalue weighted by Gasteiger charge is 2.25. The average Bonchev–Trinajstić information content (AvgIpc) is 2.54. The Kier molecular flexibility index (Phi) is 6.55. The zero-order valence-corrected chi connectivity index (χ0v) is 16.3. The van der Waals surface area contributed by atoms with Crippen molar-refractivity contribution in [3.63, 3.8) is 0 Å². The summed E-state index contributed by atoms with van der Waals surface area (Å²) in [5.74, 6) is -1.10. The summed E-state index contributed by atoms with van der Waals surface area (Å²) >= 11 is 5.77. The van der Waals surface area contributed by atoms with E-state index in [0.717, 1.165) is 30.4 Å². The van der Waals surface area contributed by atoms with Crippen molar-refractivity contribution in [2.24, 2.45) is 0 Å². The van der Waals surface area contributed by atoms with Crippen LogP contribution < -0.4 is 11.1 Å². The smallest absolute Gasteiger partial charge is 0.236 e. The molecule has 26 heavy (non-hydrogen) atoms. The maximum atomic E-state index is 12.4. The predicted molar refractivity (Wildman–Crippen MR) is 105 cm³/mol. The van der Waals surface area contributed by atoms with E-state index in [0.29, 0.717) is 10.7 Å². The van der Waals surface area contributed by atoms with Crippen LogP contribution >= 0.6 is 24.0 Å². The van der Waals surface area contributed by atoms with Crippen LogP contribution in [0.5, 0.6) is 0 Å². The number of hydrogen-bond acceptors (Lipinski definition) is 4. The van der Waals surface area contributed by atoms with E-state index in [2.05, 4.69) is 5.32 Å². The lowest BCUT2D eigenvalue weighted by atomic mass is 9.87. The lowest BCUT2D eigenvalue weighted by Gasteiger charge is -2.26. The number of fused-ring (bicyclic) bond motifs is 1. The summed E-state index contributed by atoms with van der Waals surface area (Å²) in [5, 5.41) is 3.29. The molecule has 1 atom stereocenters. The van der Waals surface area contributed by atoms with Crippen molar-refractivity contribution < 1.29 is 13.2 Å². The van der Waals surface area contributed by atoms with Gasteiger partial charge in [0.05, 0.1) is 10.9 Å². The van der Waals surface area contributed by atoms with Crippen LogP contribution in [0.2, 0.25) is 5.02 Å². The number of nitrogen functional groups attached to an aromatic ring is 1. The number of nitrogens with one attached hydrogen (secondary N) is 1. The number of carbonyl (C=O) groups is 1. The van der Waals surface area contributed by atoms with Crippen LogP contribution in [-0.2, 0) is 21.1 Å². The second-order valence-corrected chi connectivity index (χ2v) is 8.61. The van der Waals surface area contributed by atoms with Crippen LogP contribution in [0, 0.1) is 0 Å². The number of rotatable bonds is 4. The maximum Gasteiger partial charge on any atom is 0.236 e. The molecule has 0 saturated heterocycles. The molecule has 2 aromatic carbocycles. The Morgan fingerprint density at radius 1 is 1.19 bits per heavy atom. The number of carbonyl (C=O) groups excluding carboxylic acids is 1. The van der Waals surface area contributed by atoms with Gasteiger partial charge in [0.15, 0.2) is 9.84 Å². The highest BCUT2D eigenvalue weighted by molar-refractivity contribution is 7.92. The fraction of sp³-hybridized carbons (Fsp3) is 0.278. The van der Waals surface area contributed by atoms with Crippen molar-refractivity contribution in [3.05, 3.63) is 58.6 Å². The van der Waals surface area contributed by atoms with Crippen molar-refractivity contribution in [2.45, 2.75) is 30.2 Å². The van der Waals surface area contributed by atoms with Crippen LogP contribution in [0.1, 0.15) is 30.0 Å². The van der Waals surface area contributed by atoms with E-state index < -0.39 is 21.5 Å². The van der Waals surface area contributed by atoms with Crippen molar-refractivity contribution in [1.82, 2.24) is 5.32 Å². The summed E-state index contributed by atoms with van der Waals surface area (Å²) in [6, 6.07) is 11.2. The predicted octanol–water partition coefficient (Wildman–Crippen LogP) is 3.31. The standard InChI is InChI=1S/C18H19ClN2O3S.ClH/c19-13-4-7-15(8-5-13)25(23,24)11-18(22)21-17-3-1-2-12-10-14(20)6-9-16(12)17;/h4-10,17H,1-3,11,20H2,(H,21,22);1H. The van der Waals surface area contributed by atoms with Gasteiger partial charge in [-0.2, -0.15) is 0 Å². The molecule has 5 nitrogen and oxygen atoms in total. The molecule has 0 radical (unpaired) electrons. The van der Waals surface area contributed by atoms with Crippen LogP contribution in [0.3, 0.4) is 0 Å². The zero-order valence-electron chi connectivity index (χ0n) is 13.9.